The van der Waals surface area contributed by atoms with Crippen molar-refractivity contribution in [3.05, 3.63) is 28.3 Å². The Morgan fingerprint density at radius 3 is 2.20 bits per heavy atom. The molecule has 84 valence electrons. The Kier molecular flexibility index (Phi) is 3.13. The first kappa shape index (κ1) is 12.1. The molecule has 1 aromatic heterocycles. The maximum Gasteiger partial charge on any atom is 0.434 e. The molecule has 15 heavy (non-hydrogen) atoms. The predicted molar refractivity (Wildman–Crippen MR) is 39.2 cm³/mol. The van der Waals surface area contributed by atoms with Crippen molar-refractivity contribution < 1.29 is 26.3 Å². The van der Waals surface area contributed by atoms with Crippen molar-refractivity contribution in [3.8, 4) is 0 Å². The zero-order valence-electron chi connectivity index (χ0n) is 6.75. The van der Waals surface area contributed by atoms with Crippen LogP contribution in [0.5, 0.6) is 0 Å². The Labute approximate surface area is 84.7 Å². The molecule has 0 aliphatic rings. The van der Waals surface area contributed by atoms with Gasteiger partial charge in [0.2, 0.25) is 5.95 Å². The van der Waals surface area contributed by atoms with Gasteiger partial charge in [-0.25, -0.2) is 13.8 Å². The van der Waals surface area contributed by atoms with Crippen LogP contribution in [0.15, 0.2) is 6.07 Å². The van der Waals surface area contributed by atoms with Gasteiger partial charge in [-0.1, -0.05) is 11.6 Å². The lowest BCUT2D eigenvalue weighted by molar-refractivity contribution is -0.141. The van der Waals surface area contributed by atoms with E-state index >= 15 is 0 Å². The number of hydrogen-bond donors (Lipinski definition) is 0. The summed E-state index contributed by atoms with van der Waals surface area (Å²) < 4.78 is 72.9. The SMILES string of the molecule is Fc1nc(C(F)(F)F)c(Cl)cc1C(F)F. The van der Waals surface area contributed by atoms with Crippen LogP contribution in [0.3, 0.4) is 0 Å². The average Bonchev–Trinajstić information content (AvgIpc) is 2.06. The van der Waals surface area contributed by atoms with Gasteiger partial charge in [0.1, 0.15) is 0 Å². The molecule has 8 heteroatoms. The van der Waals surface area contributed by atoms with Crippen LogP contribution in [0, 0.1) is 5.95 Å². The molecule has 0 bridgehead atoms. The van der Waals surface area contributed by atoms with Crippen molar-refractivity contribution in [3.63, 3.8) is 0 Å². The fourth-order valence-corrected chi connectivity index (χ4v) is 1.10. The van der Waals surface area contributed by atoms with Gasteiger partial charge in [0, 0.05) is 0 Å². The van der Waals surface area contributed by atoms with E-state index in [1.165, 1.54) is 0 Å². The number of pyridine rings is 1. The fraction of sp³-hybridized carbons (Fsp3) is 0.286. The monoisotopic (exact) mass is 249 g/mol. The standard InChI is InChI=1S/C7H2ClF6N/c8-3-1-2(5(9)10)6(11)15-4(3)7(12,13)14/h1,5H. The zero-order chi connectivity index (χ0) is 11.8. The summed E-state index contributed by atoms with van der Waals surface area (Å²) in [6.45, 7) is 0. The number of halogens is 7. The summed E-state index contributed by atoms with van der Waals surface area (Å²) in [5.41, 5.74) is -2.97. The molecule has 0 aromatic carbocycles. The van der Waals surface area contributed by atoms with E-state index in [0.29, 0.717) is 0 Å². The minimum absolute atomic E-state index is 0.220. The largest absolute Gasteiger partial charge is 0.434 e. The number of rotatable bonds is 1. The van der Waals surface area contributed by atoms with Gasteiger partial charge in [0.05, 0.1) is 10.6 Å². The summed E-state index contributed by atoms with van der Waals surface area (Å²) in [5, 5.41) is -1.06. The van der Waals surface area contributed by atoms with E-state index in [-0.39, 0.29) is 6.07 Å². The quantitative estimate of drug-likeness (QED) is 0.544. The Morgan fingerprint density at radius 2 is 1.80 bits per heavy atom. The molecule has 1 heterocycles. The van der Waals surface area contributed by atoms with Crippen molar-refractivity contribution in [2.45, 2.75) is 12.6 Å². The summed E-state index contributed by atoms with van der Waals surface area (Å²) in [5.74, 6) is -1.87. The minimum Gasteiger partial charge on any atom is -0.213 e. The third-order valence-corrected chi connectivity index (χ3v) is 1.75. The molecule has 0 amide bonds. The van der Waals surface area contributed by atoms with Crippen LogP contribution < -0.4 is 0 Å². The van der Waals surface area contributed by atoms with Crippen LogP contribution >= 0.6 is 11.6 Å². The van der Waals surface area contributed by atoms with Crippen LogP contribution in [-0.2, 0) is 6.18 Å². The second-order valence-electron chi connectivity index (χ2n) is 2.50. The van der Waals surface area contributed by atoms with Gasteiger partial charge >= 0.3 is 6.18 Å². The van der Waals surface area contributed by atoms with E-state index in [1.807, 2.05) is 0 Å². The second-order valence-corrected chi connectivity index (χ2v) is 2.90. The molecular formula is C7H2ClF6N. The van der Waals surface area contributed by atoms with Gasteiger partial charge < -0.3 is 0 Å². The van der Waals surface area contributed by atoms with Gasteiger partial charge in [-0.15, -0.1) is 0 Å². The number of aromatic nitrogens is 1. The lowest BCUT2D eigenvalue weighted by Crippen LogP contribution is -2.11. The molecule has 0 saturated heterocycles. The number of hydrogen-bond acceptors (Lipinski definition) is 1. The van der Waals surface area contributed by atoms with Crippen LogP contribution in [-0.4, -0.2) is 4.98 Å². The third-order valence-electron chi connectivity index (χ3n) is 1.46. The molecular weight excluding hydrogens is 248 g/mol. The summed E-state index contributed by atoms with van der Waals surface area (Å²) in [6.07, 6.45) is -8.24. The average molecular weight is 250 g/mol. The Bertz CT molecular complexity index is 374. The second kappa shape index (κ2) is 3.88. The molecule has 1 aromatic rings. The number of nitrogens with zero attached hydrogens (tertiary/aromatic N) is 1. The highest BCUT2D eigenvalue weighted by Crippen LogP contribution is 2.35. The van der Waals surface area contributed by atoms with Crippen LogP contribution in [0.1, 0.15) is 17.7 Å². The molecule has 0 fully saturated rings. The molecule has 0 spiro atoms. The Balaban J connectivity index is 3.32. The zero-order valence-corrected chi connectivity index (χ0v) is 7.50. The van der Waals surface area contributed by atoms with Crippen LogP contribution in [0.2, 0.25) is 5.02 Å². The molecule has 0 radical (unpaired) electrons. The van der Waals surface area contributed by atoms with E-state index in [9.17, 15) is 26.3 Å². The van der Waals surface area contributed by atoms with Gasteiger partial charge in [0.25, 0.3) is 6.43 Å². The Hall–Kier alpha value is -0.980. The minimum atomic E-state index is -4.97. The van der Waals surface area contributed by atoms with Gasteiger partial charge in [-0.05, 0) is 6.07 Å². The predicted octanol–water partition coefficient (Wildman–Crippen LogP) is 3.83. The van der Waals surface area contributed by atoms with Gasteiger partial charge in [-0.2, -0.15) is 17.6 Å². The highest BCUT2D eigenvalue weighted by Gasteiger charge is 2.37. The van der Waals surface area contributed by atoms with Crippen molar-refractivity contribution in [1.29, 1.82) is 0 Å². The molecule has 1 rings (SSSR count). The van der Waals surface area contributed by atoms with Crippen LogP contribution in [0.25, 0.3) is 0 Å². The van der Waals surface area contributed by atoms with E-state index in [0.717, 1.165) is 0 Å². The van der Waals surface area contributed by atoms with Gasteiger partial charge in [0.15, 0.2) is 5.69 Å². The van der Waals surface area contributed by atoms with Crippen molar-refractivity contribution in [1.82, 2.24) is 4.98 Å². The maximum absolute atomic E-state index is 12.7. The van der Waals surface area contributed by atoms with Crippen LogP contribution in [0.4, 0.5) is 26.3 Å². The summed E-state index contributed by atoms with van der Waals surface area (Å²) in [4.78, 5) is 2.36. The first-order valence-corrected chi connectivity index (χ1v) is 3.82. The summed E-state index contributed by atoms with van der Waals surface area (Å²) >= 11 is 5.05. The van der Waals surface area contributed by atoms with Crippen molar-refractivity contribution in [2.24, 2.45) is 0 Å². The van der Waals surface area contributed by atoms with E-state index in [1.54, 1.807) is 0 Å². The smallest absolute Gasteiger partial charge is 0.213 e. The molecule has 1 nitrogen and oxygen atoms in total. The molecule has 0 N–H and O–H groups in total. The molecule has 0 unspecified atom stereocenters. The summed E-state index contributed by atoms with van der Waals surface area (Å²) in [7, 11) is 0. The summed E-state index contributed by atoms with van der Waals surface area (Å²) in [6, 6.07) is 0.220. The molecule has 0 aliphatic carbocycles. The lowest BCUT2D eigenvalue weighted by Gasteiger charge is -2.09. The Morgan fingerprint density at radius 1 is 1.27 bits per heavy atom. The lowest BCUT2D eigenvalue weighted by atomic mass is 10.2. The first-order chi connectivity index (χ1) is 6.73. The normalized spacial score (nSPS) is 12.3. The maximum atomic E-state index is 12.7. The van der Waals surface area contributed by atoms with E-state index in [4.69, 9.17) is 11.6 Å². The topological polar surface area (TPSA) is 12.9 Å². The number of alkyl halides is 5. The fourth-order valence-electron chi connectivity index (χ4n) is 0.832. The third kappa shape index (κ3) is 2.53. The van der Waals surface area contributed by atoms with Gasteiger partial charge in [-0.3, -0.25) is 0 Å². The van der Waals surface area contributed by atoms with Crippen molar-refractivity contribution in [2.75, 3.05) is 0 Å². The molecule has 0 saturated carbocycles. The first-order valence-electron chi connectivity index (χ1n) is 3.44. The van der Waals surface area contributed by atoms with E-state index in [2.05, 4.69) is 4.98 Å². The molecule has 0 atom stereocenters. The highest BCUT2D eigenvalue weighted by atomic mass is 35.5. The molecule has 0 aliphatic heterocycles. The van der Waals surface area contributed by atoms with Crippen molar-refractivity contribution >= 4 is 11.6 Å². The highest BCUT2D eigenvalue weighted by molar-refractivity contribution is 6.31. The van der Waals surface area contributed by atoms with E-state index < -0.39 is 34.8 Å².